The number of aromatic amines is 1. The number of nitrogens with zero attached hydrogens (tertiary/aromatic N) is 4. The average molecular weight is 376 g/mol. The summed E-state index contributed by atoms with van der Waals surface area (Å²) in [6, 6.07) is 15.2. The van der Waals surface area contributed by atoms with Crippen LogP contribution in [-0.2, 0) is 22.7 Å². The lowest BCUT2D eigenvalue weighted by Gasteiger charge is -2.15. The summed E-state index contributed by atoms with van der Waals surface area (Å²) in [6.07, 6.45) is 1.91. The summed E-state index contributed by atoms with van der Waals surface area (Å²) >= 11 is 0. The Bertz CT molecular complexity index is 957. The molecule has 1 atom stereocenters. The minimum absolute atomic E-state index is 0.0307. The summed E-state index contributed by atoms with van der Waals surface area (Å²) in [5, 5.41) is 9.86. The Hall–Kier alpha value is -3.55. The Morgan fingerprint density at radius 2 is 2.00 bits per heavy atom. The van der Waals surface area contributed by atoms with Crippen LogP contribution in [0.2, 0.25) is 0 Å². The molecule has 3 heterocycles. The number of rotatable bonds is 6. The Kier molecular flexibility index (Phi) is 5.09. The van der Waals surface area contributed by atoms with Crippen molar-refractivity contribution in [3.63, 3.8) is 0 Å². The zero-order valence-electron chi connectivity index (χ0n) is 15.2. The number of carbonyl (C=O) groups is 2. The van der Waals surface area contributed by atoms with Gasteiger partial charge in [0, 0.05) is 24.7 Å². The predicted molar refractivity (Wildman–Crippen MR) is 101 cm³/mol. The summed E-state index contributed by atoms with van der Waals surface area (Å²) in [5.41, 5.74) is 1.72. The van der Waals surface area contributed by atoms with Crippen LogP contribution in [-0.4, -0.2) is 43.4 Å². The molecular formula is C20H20N6O2. The smallest absolute Gasteiger partial charge is 0.225 e. The van der Waals surface area contributed by atoms with E-state index in [4.69, 9.17) is 0 Å². The normalized spacial score (nSPS) is 16.4. The highest BCUT2D eigenvalue weighted by Gasteiger charge is 2.34. The van der Waals surface area contributed by atoms with E-state index >= 15 is 0 Å². The number of carbonyl (C=O) groups excluding carboxylic acids is 2. The van der Waals surface area contributed by atoms with Gasteiger partial charge in [0.25, 0.3) is 0 Å². The molecule has 2 amide bonds. The maximum atomic E-state index is 12.5. The number of pyridine rings is 1. The zero-order valence-corrected chi connectivity index (χ0v) is 15.2. The molecule has 1 aliphatic rings. The van der Waals surface area contributed by atoms with E-state index in [1.807, 2.05) is 48.5 Å². The van der Waals surface area contributed by atoms with Gasteiger partial charge in [0.1, 0.15) is 5.82 Å². The molecule has 0 radical (unpaired) electrons. The van der Waals surface area contributed by atoms with Crippen LogP contribution in [0.25, 0.3) is 11.4 Å². The number of aromatic nitrogens is 4. The topological polar surface area (TPSA) is 104 Å². The molecule has 142 valence electrons. The lowest BCUT2D eigenvalue weighted by atomic mass is 10.1. The van der Waals surface area contributed by atoms with Gasteiger partial charge >= 0.3 is 0 Å². The van der Waals surface area contributed by atoms with Gasteiger partial charge in [0.2, 0.25) is 11.8 Å². The molecular weight excluding hydrogens is 356 g/mol. The van der Waals surface area contributed by atoms with Gasteiger partial charge in [0.15, 0.2) is 5.82 Å². The minimum Gasteiger partial charge on any atom is -0.349 e. The highest BCUT2D eigenvalue weighted by molar-refractivity contribution is 5.89. The summed E-state index contributed by atoms with van der Waals surface area (Å²) < 4.78 is 0. The molecule has 1 aromatic carbocycles. The zero-order chi connectivity index (χ0) is 19.3. The fraction of sp³-hybridized carbons (Fsp3) is 0.250. The highest BCUT2D eigenvalue weighted by Crippen LogP contribution is 2.20. The second kappa shape index (κ2) is 7.99. The number of H-pyrrole nitrogens is 1. The second-order valence-corrected chi connectivity index (χ2v) is 6.69. The molecule has 0 bridgehead atoms. The van der Waals surface area contributed by atoms with Crippen LogP contribution in [0.3, 0.4) is 0 Å². The van der Waals surface area contributed by atoms with Gasteiger partial charge in [-0.05, 0) is 12.1 Å². The SMILES string of the molecule is O=C(NCc1nc(-c2ccccc2)n[nH]1)C1CC(=O)N(Cc2ccccn2)C1. The van der Waals surface area contributed by atoms with Crippen LogP contribution in [0.1, 0.15) is 17.9 Å². The molecule has 1 saturated heterocycles. The summed E-state index contributed by atoms with van der Waals surface area (Å²) in [5.74, 6) is 0.600. The fourth-order valence-corrected chi connectivity index (χ4v) is 3.19. The first kappa shape index (κ1) is 17.8. The largest absolute Gasteiger partial charge is 0.349 e. The number of hydrogen-bond donors (Lipinski definition) is 2. The van der Waals surface area contributed by atoms with E-state index in [-0.39, 0.29) is 30.7 Å². The van der Waals surface area contributed by atoms with E-state index in [0.29, 0.717) is 24.7 Å². The van der Waals surface area contributed by atoms with Crippen molar-refractivity contribution in [3.8, 4) is 11.4 Å². The van der Waals surface area contributed by atoms with Gasteiger partial charge < -0.3 is 10.2 Å². The van der Waals surface area contributed by atoms with Gasteiger partial charge in [-0.1, -0.05) is 36.4 Å². The van der Waals surface area contributed by atoms with Crippen molar-refractivity contribution < 1.29 is 9.59 Å². The summed E-state index contributed by atoms with van der Waals surface area (Å²) in [6.45, 7) is 1.06. The third-order valence-electron chi connectivity index (χ3n) is 4.66. The number of benzene rings is 1. The molecule has 0 saturated carbocycles. The van der Waals surface area contributed by atoms with Crippen molar-refractivity contribution in [2.24, 2.45) is 5.92 Å². The quantitative estimate of drug-likeness (QED) is 0.679. The number of amides is 2. The molecule has 1 aliphatic heterocycles. The fourth-order valence-electron chi connectivity index (χ4n) is 3.19. The van der Waals surface area contributed by atoms with Crippen LogP contribution in [0.5, 0.6) is 0 Å². The summed E-state index contributed by atoms with van der Waals surface area (Å²) in [7, 11) is 0. The van der Waals surface area contributed by atoms with Gasteiger partial charge in [-0.15, -0.1) is 0 Å². The monoisotopic (exact) mass is 376 g/mol. The molecule has 0 aliphatic carbocycles. The van der Waals surface area contributed by atoms with Crippen molar-refractivity contribution >= 4 is 11.8 Å². The maximum absolute atomic E-state index is 12.5. The minimum atomic E-state index is -0.368. The molecule has 8 heteroatoms. The molecule has 1 unspecified atom stereocenters. The Morgan fingerprint density at radius 1 is 1.18 bits per heavy atom. The summed E-state index contributed by atoms with van der Waals surface area (Å²) in [4.78, 5) is 35.0. The van der Waals surface area contributed by atoms with Crippen molar-refractivity contribution in [2.45, 2.75) is 19.5 Å². The van der Waals surface area contributed by atoms with Crippen LogP contribution < -0.4 is 5.32 Å². The molecule has 4 rings (SSSR count). The number of likely N-dealkylation sites (tertiary alicyclic amines) is 1. The predicted octanol–water partition coefficient (Wildman–Crippen LogP) is 1.53. The van der Waals surface area contributed by atoms with Gasteiger partial charge in [-0.25, -0.2) is 4.98 Å². The third-order valence-corrected chi connectivity index (χ3v) is 4.66. The maximum Gasteiger partial charge on any atom is 0.225 e. The molecule has 2 aromatic heterocycles. The van der Waals surface area contributed by atoms with Crippen LogP contribution in [0.15, 0.2) is 54.7 Å². The first-order valence-electron chi connectivity index (χ1n) is 9.11. The average Bonchev–Trinajstić information content (AvgIpc) is 3.35. The lowest BCUT2D eigenvalue weighted by Crippen LogP contribution is -2.32. The van der Waals surface area contributed by atoms with E-state index in [1.165, 1.54) is 0 Å². The van der Waals surface area contributed by atoms with E-state index < -0.39 is 0 Å². The first-order valence-corrected chi connectivity index (χ1v) is 9.11. The molecule has 8 nitrogen and oxygen atoms in total. The Morgan fingerprint density at radius 3 is 2.79 bits per heavy atom. The van der Waals surface area contributed by atoms with Gasteiger partial charge in [-0.3, -0.25) is 19.7 Å². The molecule has 0 spiro atoms. The Labute approximate surface area is 162 Å². The standard InChI is InChI=1S/C20H20N6O2/c27-18-10-15(12-26(18)13-16-8-4-5-9-21-16)20(28)22-11-17-23-19(25-24-17)14-6-2-1-3-7-14/h1-9,15H,10-13H2,(H,22,28)(H,23,24,25). The van der Waals surface area contributed by atoms with Crippen molar-refractivity contribution in [1.29, 1.82) is 0 Å². The van der Waals surface area contributed by atoms with E-state index in [9.17, 15) is 9.59 Å². The molecule has 2 N–H and O–H groups in total. The van der Waals surface area contributed by atoms with Crippen molar-refractivity contribution in [1.82, 2.24) is 30.4 Å². The second-order valence-electron chi connectivity index (χ2n) is 6.69. The van der Waals surface area contributed by atoms with E-state index in [1.54, 1.807) is 11.1 Å². The lowest BCUT2D eigenvalue weighted by molar-refractivity contribution is -0.129. The van der Waals surface area contributed by atoms with E-state index in [2.05, 4.69) is 25.5 Å². The molecule has 1 fully saturated rings. The van der Waals surface area contributed by atoms with Crippen molar-refractivity contribution in [3.05, 3.63) is 66.2 Å². The van der Waals surface area contributed by atoms with Crippen LogP contribution in [0.4, 0.5) is 0 Å². The van der Waals surface area contributed by atoms with Gasteiger partial charge in [-0.2, -0.15) is 5.10 Å². The molecule has 3 aromatic rings. The number of nitrogens with one attached hydrogen (secondary N) is 2. The van der Waals surface area contributed by atoms with E-state index in [0.717, 1.165) is 11.3 Å². The van der Waals surface area contributed by atoms with Crippen molar-refractivity contribution in [2.75, 3.05) is 6.54 Å². The van der Waals surface area contributed by atoms with Crippen LogP contribution >= 0.6 is 0 Å². The number of hydrogen-bond acceptors (Lipinski definition) is 5. The van der Waals surface area contributed by atoms with Crippen LogP contribution in [0, 0.1) is 5.92 Å². The highest BCUT2D eigenvalue weighted by atomic mass is 16.2. The first-order chi connectivity index (χ1) is 13.7. The molecule has 28 heavy (non-hydrogen) atoms. The Balaban J connectivity index is 1.31. The third kappa shape index (κ3) is 4.06. The van der Waals surface area contributed by atoms with Gasteiger partial charge in [0.05, 0.1) is 24.7 Å².